The molecule has 1 aromatic heterocycles. The summed E-state index contributed by atoms with van der Waals surface area (Å²) >= 11 is 0. The van der Waals surface area contributed by atoms with Gasteiger partial charge in [0.2, 0.25) is 5.91 Å². The van der Waals surface area contributed by atoms with Gasteiger partial charge in [0.15, 0.2) is 0 Å². The lowest BCUT2D eigenvalue weighted by Crippen LogP contribution is -2.46. The molecule has 0 aromatic carbocycles. The van der Waals surface area contributed by atoms with Gasteiger partial charge >= 0.3 is 0 Å². The third-order valence-corrected chi connectivity index (χ3v) is 5.64. The molecule has 2 fully saturated rings. The van der Waals surface area contributed by atoms with Crippen LogP contribution in [0.4, 0.5) is 5.82 Å². The summed E-state index contributed by atoms with van der Waals surface area (Å²) in [6.07, 6.45) is 5.54. The molecule has 0 aliphatic carbocycles. The molecule has 0 radical (unpaired) electrons. The molecule has 3 heterocycles. The average molecular weight is 344 g/mol. The number of nitrogens with zero attached hydrogens (tertiary/aromatic N) is 3. The number of carbonyl (C=O) groups is 2. The highest BCUT2D eigenvalue weighted by molar-refractivity contribution is 5.94. The van der Waals surface area contributed by atoms with Crippen molar-refractivity contribution in [3.05, 3.63) is 23.9 Å². The normalized spacial score (nSPS) is 25.0. The Morgan fingerprint density at radius 2 is 1.84 bits per heavy atom. The van der Waals surface area contributed by atoms with Crippen LogP contribution in [-0.2, 0) is 4.79 Å². The van der Waals surface area contributed by atoms with Crippen molar-refractivity contribution >= 4 is 17.6 Å². The van der Waals surface area contributed by atoms with E-state index in [0.29, 0.717) is 24.1 Å². The Balaban J connectivity index is 1.69. The molecule has 2 N–H and O–H groups in total. The van der Waals surface area contributed by atoms with E-state index in [1.807, 2.05) is 17.0 Å². The van der Waals surface area contributed by atoms with Crippen LogP contribution in [-0.4, -0.2) is 47.4 Å². The molecule has 0 bridgehead atoms. The SMILES string of the molecule is CC1CCN(C(=O)c2ccc(N3C[C@H](C(N)=O)CC[C@@H]3C)nc2)CC1. The van der Waals surface area contributed by atoms with E-state index in [2.05, 4.69) is 23.7 Å². The number of likely N-dealkylation sites (tertiary alicyclic amines) is 1. The van der Waals surface area contributed by atoms with Crippen molar-refractivity contribution < 1.29 is 9.59 Å². The van der Waals surface area contributed by atoms with Crippen LogP contribution in [0.15, 0.2) is 18.3 Å². The Morgan fingerprint density at radius 3 is 2.44 bits per heavy atom. The van der Waals surface area contributed by atoms with Gasteiger partial charge in [0.1, 0.15) is 5.82 Å². The third kappa shape index (κ3) is 3.94. The van der Waals surface area contributed by atoms with Crippen LogP contribution < -0.4 is 10.6 Å². The Morgan fingerprint density at radius 1 is 1.12 bits per heavy atom. The van der Waals surface area contributed by atoms with E-state index in [1.54, 1.807) is 6.20 Å². The fourth-order valence-corrected chi connectivity index (χ4v) is 3.74. The van der Waals surface area contributed by atoms with Crippen LogP contribution in [0, 0.1) is 11.8 Å². The molecular weight excluding hydrogens is 316 g/mol. The summed E-state index contributed by atoms with van der Waals surface area (Å²) in [6.45, 7) is 6.61. The molecule has 2 atom stereocenters. The molecule has 1 aromatic rings. The third-order valence-electron chi connectivity index (χ3n) is 5.64. The second-order valence-corrected chi connectivity index (χ2v) is 7.56. The van der Waals surface area contributed by atoms with Crippen LogP contribution in [0.2, 0.25) is 0 Å². The van der Waals surface area contributed by atoms with E-state index < -0.39 is 0 Å². The summed E-state index contributed by atoms with van der Waals surface area (Å²) in [4.78, 5) is 32.7. The largest absolute Gasteiger partial charge is 0.369 e. The molecule has 0 saturated carbocycles. The number of pyridine rings is 1. The van der Waals surface area contributed by atoms with Gasteiger partial charge in [-0.3, -0.25) is 9.59 Å². The van der Waals surface area contributed by atoms with Gasteiger partial charge < -0.3 is 15.5 Å². The second kappa shape index (κ2) is 7.42. The number of carbonyl (C=O) groups excluding carboxylic acids is 2. The van der Waals surface area contributed by atoms with E-state index in [0.717, 1.165) is 44.6 Å². The van der Waals surface area contributed by atoms with Crippen LogP contribution in [0.5, 0.6) is 0 Å². The van der Waals surface area contributed by atoms with Crippen LogP contribution in [0.1, 0.15) is 49.9 Å². The van der Waals surface area contributed by atoms with Gasteiger partial charge in [-0.1, -0.05) is 6.92 Å². The van der Waals surface area contributed by atoms with Gasteiger partial charge in [-0.25, -0.2) is 4.98 Å². The molecule has 6 heteroatoms. The van der Waals surface area contributed by atoms with Crippen molar-refractivity contribution in [3.63, 3.8) is 0 Å². The maximum atomic E-state index is 12.6. The van der Waals surface area contributed by atoms with E-state index in [9.17, 15) is 9.59 Å². The zero-order chi connectivity index (χ0) is 18.0. The molecule has 136 valence electrons. The predicted molar refractivity (Wildman–Crippen MR) is 97.3 cm³/mol. The summed E-state index contributed by atoms with van der Waals surface area (Å²) in [6, 6.07) is 4.05. The molecular formula is C19H28N4O2. The van der Waals surface area contributed by atoms with E-state index in [1.165, 1.54) is 0 Å². The Hall–Kier alpha value is -2.11. The van der Waals surface area contributed by atoms with Crippen LogP contribution in [0.3, 0.4) is 0 Å². The number of aromatic nitrogens is 1. The van der Waals surface area contributed by atoms with Crippen molar-refractivity contribution in [1.29, 1.82) is 0 Å². The number of nitrogens with two attached hydrogens (primary N) is 1. The van der Waals surface area contributed by atoms with Gasteiger partial charge in [-0.15, -0.1) is 0 Å². The number of amides is 2. The lowest BCUT2D eigenvalue weighted by atomic mass is 9.93. The molecule has 25 heavy (non-hydrogen) atoms. The minimum Gasteiger partial charge on any atom is -0.369 e. The summed E-state index contributed by atoms with van der Waals surface area (Å²) in [5, 5.41) is 0. The summed E-state index contributed by atoms with van der Waals surface area (Å²) in [5.74, 6) is 1.19. The first-order chi connectivity index (χ1) is 12.0. The molecule has 2 aliphatic rings. The summed E-state index contributed by atoms with van der Waals surface area (Å²) in [5.41, 5.74) is 6.11. The van der Waals surface area contributed by atoms with Crippen molar-refractivity contribution in [2.45, 2.75) is 45.6 Å². The highest BCUT2D eigenvalue weighted by Crippen LogP contribution is 2.26. The molecule has 3 rings (SSSR count). The van der Waals surface area contributed by atoms with Crippen molar-refractivity contribution in [2.75, 3.05) is 24.5 Å². The first-order valence-corrected chi connectivity index (χ1v) is 9.27. The van der Waals surface area contributed by atoms with Gasteiger partial charge in [0.25, 0.3) is 5.91 Å². The van der Waals surface area contributed by atoms with E-state index in [-0.39, 0.29) is 17.7 Å². The number of piperidine rings is 2. The van der Waals surface area contributed by atoms with Gasteiger partial charge in [0.05, 0.1) is 11.5 Å². The molecule has 2 amide bonds. The van der Waals surface area contributed by atoms with Crippen molar-refractivity contribution in [3.8, 4) is 0 Å². The highest BCUT2D eigenvalue weighted by Gasteiger charge is 2.29. The van der Waals surface area contributed by atoms with E-state index >= 15 is 0 Å². The summed E-state index contributed by atoms with van der Waals surface area (Å²) in [7, 11) is 0. The lowest BCUT2D eigenvalue weighted by Gasteiger charge is -2.37. The number of primary amides is 1. The molecule has 2 saturated heterocycles. The topological polar surface area (TPSA) is 79.5 Å². The first-order valence-electron chi connectivity index (χ1n) is 9.27. The fraction of sp³-hybridized carbons (Fsp3) is 0.632. The molecule has 2 aliphatic heterocycles. The lowest BCUT2D eigenvalue weighted by molar-refractivity contribution is -0.122. The first kappa shape index (κ1) is 17.7. The fourth-order valence-electron chi connectivity index (χ4n) is 3.74. The monoisotopic (exact) mass is 344 g/mol. The number of hydrogen-bond acceptors (Lipinski definition) is 4. The van der Waals surface area contributed by atoms with Crippen LogP contribution >= 0.6 is 0 Å². The quantitative estimate of drug-likeness (QED) is 0.910. The average Bonchev–Trinajstić information content (AvgIpc) is 2.62. The zero-order valence-corrected chi connectivity index (χ0v) is 15.1. The Labute approximate surface area is 149 Å². The molecule has 0 spiro atoms. The number of hydrogen-bond donors (Lipinski definition) is 1. The minimum absolute atomic E-state index is 0.0626. The van der Waals surface area contributed by atoms with Gasteiger partial charge in [-0.05, 0) is 50.7 Å². The second-order valence-electron chi connectivity index (χ2n) is 7.56. The van der Waals surface area contributed by atoms with Crippen molar-refractivity contribution in [2.24, 2.45) is 17.6 Å². The number of rotatable bonds is 3. The van der Waals surface area contributed by atoms with Gasteiger partial charge in [-0.2, -0.15) is 0 Å². The maximum absolute atomic E-state index is 12.6. The molecule has 6 nitrogen and oxygen atoms in total. The Kier molecular flexibility index (Phi) is 5.25. The zero-order valence-electron chi connectivity index (χ0n) is 15.1. The van der Waals surface area contributed by atoms with Crippen LogP contribution in [0.25, 0.3) is 0 Å². The highest BCUT2D eigenvalue weighted by atomic mass is 16.2. The van der Waals surface area contributed by atoms with Crippen molar-refractivity contribution in [1.82, 2.24) is 9.88 Å². The summed E-state index contributed by atoms with van der Waals surface area (Å²) < 4.78 is 0. The van der Waals surface area contributed by atoms with Gasteiger partial charge in [0, 0.05) is 31.9 Å². The molecule has 0 unspecified atom stereocenters. The number of anilines is 1. The maximum Gasteiger partial charge on any atom is 0.255 e. The van der Waals surface area contributed by atoms with E-state index in [4.69, 9.17) is 5.73 Å². The standard InChI is InChI=1S/C19H28N4O2/c1-13-7-9-22(10-8-13)19(25)15-5-6-17(21-11-15)23-12-16(18(20)24)4-3-14(23)2/h5-6,11,13-14,16H,3-4,7-10,12H2,1-2H3,(H2,20,24)/t14-,16+/m0/s1. The minimum atomic E-state index is -0.247. The Bertz CT molecular complexity index is 623. The predicted octanol–water partition coefficient (Wildman–Crippen LogP) is 2.04. The smallest absolute Gasteiger partial charge is 0.255 e.